The minimum atomic E-state index is -1.14. The Morgan fingerprint density at radius 3 is 2.66 bits per heavy atom. The molecular weight excluding hydrogens is 420 g/mol. The van der Waals surface area contributed by atoms with Crippen molar-refractivity contribution in [3.05, 3.63) is 76.3 Å². The molecule has 0 saturated heterocycles. The second kappa shape index (κ2) is 6.59. The van der Waals surface area contributed by atoms with Crippen LogP contribution in [0.1, 0.15) is 30.0 Å². The highest BCUT2D eigenvalue weighted by atomic mass is 35.5. The zero-order chi connectivity index (χ0) is 22.2. The number of anilines is 2. The molecule has 2 aliphatic rings. The summed E-state index contributed by atoms with van der Waals surface area (Å²) < 4.78 is 2.09. The smallest absolute Gasteiger partial charge is 0.279 e. The van der Waals surface area contributed by atoms with Gasteiger partial charge in [-0.2, -0.15) is 0 Å². The topological polar surface area (TPSA) is 50.2 Å². The summed E-state index contributed by atoms with van der Waals surface area (Å²) in [5, 5.41) is 4.24. The summed E-state index contributed by atoms with van der Waals surface area (Å²) in [5.74, 6) is 0.780. The lowest BCUT2D eigenvalue weighted by atomic mass is 9.95. The first kappa shape index (κ1) is 19.4. The fraction of sp³-hybridized carbons (Fsp3) is 0.231. The van der Waals surface area contributed by atoms with E-state index in [0.717, 1.165) is 51.3 Å². The standard InChI is InChI=1S/C26H23ClN4O/c1-4-11-30-22-10-9-17(27)14-19(22)26(25(30)32)29-20-8-6-5-7-18(20)24-28-21-12-15(2)16(3)13-23(21)31(24)26/h5-10,12-14,29H,4,11H2,1-3H3. The van der Waals surface area contributed by atoms with E-state index < -0.39 is 5.66 Å². The van der Waals surface area contributed by atoms with E-state index in [-0.39, 0.29) is 5.91 Å². The number of hydrogen-bond donors (Lipinski definition) is 1. The first-order valence-corrected chi connectivity index (χ1v) is 11.3. The Labute approximate surface area is 191 Å². The van der Waals surface area contributed by atoms with E-state index in [0.29, 0.717) is 11.6 Å². The molecule has 6 heteroatoms. The number of aryl methyl sites for hydroxylation is 2. The summed E-state index contributed by atoms with van der Waals surface area (Å²) >= 11 is 6.48. The molecule has 1 atom stereocenters. The van der Waals surface area contributed by atoms with Gasteiger partial charge in [0.05, 0.1) is 16.7 Å². The first-order chi connectivity index (χ1) is 15.5. The molecular formula is C26H23ClN4O. The van der Waals surface area contributed by atoms with E-state index in [2.05, 4.69) is 48.9 Å². The summed E-state index contributed by atoms with van der Waals surface area (Å²) in [7, 11) is 0. The minimum Gasteiger partial charge on any atom is -0.350 e. The van der Waals surface area contributed by atoms with Crippen LogP contribution in [0.5, 0.6) is 0 Å². The second-order valence-electron chi connectivity index (χ2n) is 8.70. The molecule has 6 rings (SSSR count). The quantitative estimate of drug-likeness (QED) is 0.423. The van der Waals surface area contributed by atoms with Gasteiger partial charge in [-0.15, -0.1) is 0 Å². The van der Waals surface area contributed by atoms with Gasteiger partial charge in [0.2, 0.25) is 5.66 Å². The van der Waals surface area contributed by atoms with Crippen molar-refractivity contribution in [2.24, 2.45) is 0 Å². The van der Waals surface area contributed by atoms with Crippen molar-refractivity contribution < 1.29 is 4.79 Å². The zero-order valence-corrected chi connectivity index (χ0v) is 19.0. The third-order valence-corrected chi connectivity index (χ3v) is 6.97. The van der Waals surface area contributed by atoms with Crippen LogP contribution in [0.3, 0.4) is 0 Å². The summed E-state index contributed by atoms with van der Waals surface area (Å²) in [6, 6.07) is 18.0. The van der Waals surface area contributed by atoms with Crippen LogP contribution < -0.4 is 10.2 Å². The summed E-state index contributed by atoms with van der Waals surface area (Å²) in [4.78, 5) is 21.2. The molecule has 1 unspecified atom stereocenters. The number of carbonyl (C=O) groups excluding carboxylic acids is 1. The van der Waals surface area contributed by atoms with Crippen molar-refractivity contribution in [3.8, 4) is 11.4 Å². The third-order valence-electron chi connectivity index (χ3n) is 6.73. The van der Waals surface area contributed by atoms with Crippen molar-refractivity contribution >= 4 is 39.9 Å². The van der Waals surface area contributed by atoms with E-state index in [4.69, 9.17) is 16.6 Å². The second-order valence-corrected chi connectivity index (χ2v) is 9.13. The summed E-state index contributed by atoms with van der Waals surface area (Å²) in [6.45, 7) is 6.91. The predicted octanol–water partition coefficient (Wildman–Crippen LogP) is 5.86. The normalized spacial score (nSPS) is 18.6. The van der Waals surface area contributed by atoms with Crippen LogP contribution in [0.25, 0.3) is 22.4 Å². The number of aromatic nitrogens is 2. The number of rotatable bonds is 2. The number of imidazole rings is 1. The van der Waals surface area contributed by atoms with Crippen LogP contribution in [-0.4, -0.2) is 22.0 Å². The van der Waals surface area contributed by atoms with Crippen molar-refractivity contribution in [2.75, 3.05) is 16.8 Å². The summed E-state index contributed by atoms with van der Waals surface area (Å²) in [6.07, 6.45) is 0.857. The van der Waals surface area contributed by atoms with Gasteiger partial charge >= 0.3 is 0 Å². The maximum Gasteiger partial charge on any atom is 0.279 e. The molecule has 3 aromatic carbocycles. The lowest BCUT2D eigenvalue weighted by Crippen LogP contribution is -2.53. The van der Waals surface area contributed by atoms with Crippen LogP contribution >= 0.6 is 11.6 Å². The molecule has 1 amide bonds. The van der Waals surface area contributed by atoms with Gasteiger partial charge in [-0.05, 0) is 73.9 Å². The lowest BCUT2D eigenvalue weighted by molar-refractivity contribution is -0.123. The Hall–Kier alpha value is -3.31. The lowest BCUT2D eigenvalue weighted by Gasteiger charge is -2.38. The van der Waals surface area contributed by atoms with E-state index in [1.807, 2.05) is 41.3 Å². The van der Waals surface area contributed by atoms with Crippen LogP contribution in [0, 0.1) is 13.8 Å². The maximum absolute atomic E-state index is 14.3. The Morgan fingerprint density at radius 2 is 1.84 bits per heavy atom. The number of amides is 1. The van der Waals surface area contributed by atoms with Gasteiger partial charge in [-0.25, -0.2) is 4.98 Å². The number of hydrogen-bond acceptors (Lipinski definition) is 3. The third kappa shape index (κ3) is 2.34. The molecule has 0 saturated carbocycles. The van der Waals surface area contributed by atoms with Crippen LogP contribution in [0.15, 0.2) is 54.6 Å². The monoisotopic (exact) mass is 442 g/mol. The van der Waals surface area contributed by atoms with Gasteiger partial charge in [0.15, 0.2) is 0 Å². The molecule has 160 valence electrons. The predicted molar refractivity (Wildman–Crippen MR) is 129 cm³/mol. The molecule has 0 radical (unpaired) electrons. The number of fused-ring (bicyclic) bond motifs is 8. The van der Waals surface area contributed by atoms with Crippen molar-refractivity contribution in [2.45, 2.75) is 32.9 Å². The largest absolute Gasteiger partial charge is 0.350 e. The molecule has 32 heavy (non-hydrogen) atoms. The average molecular weight is 443 g/mol. The number of para-hydroxylation sites is 1. The molecule has 5 nitrogen and oxygen atoms in total. The van der Waals surface area contributed by atoms with E-state index in [1.165, 1.54) is 5.56 Å². The van der Waals surface area contributed by atoms with Crippen LogP contribution in [0.2, 0.25) is 5.02 Å². The van der Waals surface area contributed by atoms with Gasteiger partial charge in [-0.1, -0.05) is 30.7 Å². The van der Waals surface area contributed by atoms with E-state index in [1.54, 1.807) is 0 Å². The highest BCUT2D eigenvalue weighted by Crippen LogP contribution is 2.51. The van der Waals surface area contributed by atoms with Crippen molar-refractivity contribution in [1.82, 2.24) is 9.55 Å². The van der Waals surface area contributed by atoms with Gasteiger partial charge in [0.25, 0.3) is 5.91 Å². The molecule has 1 aromatic heterocycles. The van der Waals surface area contributed by atoms with E-state index in [9.17, 15) is 4.79 Å². The Morgan fingerprint density at radius 1 is 1.06 bits per heavy atom. The number of nitrogens with one attached hydrogen (secondary N) is 1. The van der Waals surface area contributed by atoms with Crippen LogP contribution in [0.4, 0.5) is 11.4 Å². The highest BCUT2D eigenvalue weighted by molar-refractivity contribution is 6.31. The SMILES string of the molecule is CCCN1C(=O)C2(Nc3ccccc3-c3nc4cc(C)c(C)cc4n32)c2cc(Cl)ccc21. The number of benzene rings is 3. The average Bonchev–Trinajstić information content (AvgIpc) is 3.25. The highest BCUT2D eigenvalue weighted by Gasteiger charge is 2.56. The number of nitrogens with zero attached hydrogens (tertiary/aromatic N) is 3. The van der Waals surface area contributed by atoms with Crippen molar-refractivity contribution in [3.63, 3.8) is 0 Å². The zero-order valence-electron chi connectivity index (χ0n) is 18.2. The molecule has 1 spiro atoms. The fourth-order valence-corrected chi connectivity index (χ4v) is 5.30. The Balaban J connectivity index is 1.77. The van der Waals surface area contributed by atoms with Gasteiger partial charge in [0.1, 0.15) is 5.82 Å². The van der Waals surface area contributed by atoms with E-state index >= 15 is 0 Å². The molecule has 2 aliphatic heterocycles. The molecule has 3 heterocycles. The molecule has 4 aromatic rings. The van der Waals surface area contributed by atoms with Crippen LogP contribution in [-0.2, 0) is 10.5 Å². The first-order valence-electron chi connectivity index (χ1n) is 11.0. The number of halogens is 1. The van der Waals surface area contributed by atoms with Crippen molar-refractivity contribution in [1.29, 1.82) is 0 Å². The minimum absolute atomic E-state index is 0.00935. The summed E-state index contributed by atoms with van der Waals surface area (Å²) in [5.41, 5.74) is 6.63. The molecule has 0 fully saturated rings. The molecule has 1 N–H and O–H groups in total. The Kier molecular flexibility index (Phi) is 3.99. The maximum atomic E-state index is 14.3. The Bertz CT molecular complexity index is 1440. The van der Waals surface area contributed by atoms with Gasteiger partial charge < -0.3 is 10.2 Å². The molecule has 0 aliphatic carbocycles. The van der Waals surface area contributed by atoms with Gasteiger partial charge in [-0.3, -0.25) is 9.36 Å². The fourth-order valence-electron chi connectivity index (χ4n) is 5.13. The number of carbonyl (C=O) groups is 1. The van der Waals surface area contributed by atoms with Gasteiger partial charge in [0, 0.05) is 28.4 Å². The molecule has 0 bridgehead atoms.